The van der Waals surface area contributed by atoms with Crippen molar-refractivity contribution in [2.75, 3.05) is 32.8 Å². The first-order chi connectivity index (χ1) is 13.7. The summed E-state index contributed by atoms with van der Waals surface area (Å²) < 4.78 is 74.4. The Kier molecular flexibility index (Phi) is 6.27. The van der Waals surface area contributed by atoms with Crippen LogP contribution in [0, 0.1) is 5.82 Å². The standard InChI is InChI=1S/C17H23FN4O5S2/c1-3-27-17-6-5-14(11-16(17)18)28(23,24)21-7-4-8-22(10-9-21)29(25,26)15-12-19-20(2)13-15/h5-6,11-13H,3-4,7-10H2,1-2H3. The molecule has 2 heterocycles. The number of aromatic nitrogens is 2. The molecule has 0 aliphatic carbocycles. The molecule has 29 heavy (non-hydrogen) atoms. The van der Waals surface area contributed by atoms with Gasteiger partial charge in [0.2, 0.25) is 20.0 Å². The van der Waals surface area contributed by atoms with Crippen molar-refractivity contribution in [2.45, 2.75) is 23.1 Å². The molecule has 1 fully saturated rings. The summed E-state index contributed by atoms with van der Waals surface area (Å²) in [4.78, 5) is -0.132. The van der Waals surface area contributed by atoms with Crippen LogP contribution in [0.3, 0.4) is 0 Å². The first-order valence-corrected chi connectivity index (χ1v) is 12.0. The lowest BCUT2D eigenvalue weighted by molar-refractivity contribution is 0.321. The largest absolute Gasteiger partial charge is 0.491 e. The smallest absolute Gasteiger partial charge is 0.246 e. The number of rotatable bonds is 6. The highest BCUT2D eigenvalue weighted by Crippen LogP contribution is 2.25. The van der Waals surface area contributed by atoms with Crippen LogP contribution in [0.25, 0.3) is 0 Å². The Balaban J connectivity index is 1.79. The van der Waals surface area contributed by atoms with E-state index in [4.69, 9.17) is 4.74 Å². The van der Waals surface area contributed by atoms with Crippen molar-refractivity contribution in [1.82, 2.24) is 18.4 Å². The Morgan fingerprint density at radius 1 is 1.03 bits per heavy atom. The predicted octanol–water partition coefficient (Wildman–Crippen LogP) is 1.04. The molecule has 0 bridgehead atoms. The molecule has 12 heteroatoms. The first-order valence-electron chi connectivity index (χ1n) is 9.07. The third-order valence-electron chi connectivity index (χ3n) is 4.57. The molecular formula is C17H23FN4O5S2. The monoisotopic (exact) mass is 446 g/mol. The fourth-order valence-electron chi connectivity index (χ4n) is 3.10. The summed E-state index contributed by atoms with van der Waals surface area (Å²) in [7, 11) is -6.12. The van der Waals surface area contributed by atoms with Crippen molar-refractivity contribution < 1.29 is 26.0 Å². The van der Waals surface area contributed by atoms with E-state index in [1.165, 1.54) is 37.8 Å². The zero-order valence-corrected chi connectivity index (χ0v) is 17.8. The molecule has 1 aliphatic rings. The highest BCUT2D eigenvalue weighted by atomic mass is 32.2. The van der Waals surface area contributed by atoms with Crippen LogP contribution in [0.4, 0.5) is 4.39 Å². The average Bonchev–Trinajstić information content (AvgIpc) is 2.95. The third-order valence-corrected chi connectivity index (χ3v) is 8.32. The molecule has 1 aromatic heterocycles. The number of sulfonamides is 2. The molecule has 3 rings (SSSR count). The van der Waals surface area contributed by atoms with Crippen molar-refractivity contribution in [3.8, 4) is 5.75 Å². The Bertz CT molecular complexity index is 1080. The molecule has 2 aromatic rings. The maximum Gasteiger partial charge on any atom is 0.246 e. The minimum absolute atomic E-state index is 0.00400. The number of halogens is 1. The van der Waals surface area contributed by atoms with E-state index in [1.807, 2.05) is 0 Å². The summed E-state index contributed by atoms with van der Waals surface area (Å²) in [5.74, 6) is -0.778. The van der Waals surface area contributed by atoms with Gasteiger partial charge in [-0.2, -0.15) is 13.7 Å². The second-order valence-corrected chi connectivity index (χ2v) is 10.4. The summed E-state index contributed by atoms with van der Waals surface area (Å²) in [5.41, 5.74) is 0. The van der Waals surface area contributed by atoms with Crippen LogP contribution in [0.2, 0.25) is 0 Å². The SMILES string of the molecule is CCOc1ccc(S(=O)(=O)N2CCCN(S(=O)(=O)c3cnn(C)c3)CC2)cc1F. The third kappa shape index (κ3) is 4.44. The second-order valence-electron chi connectivity index (χ2n) is 6.54. The van der Waals surface area contributed by atoms with Crippen molar-refractivity contribution in [3.63, 3.8) is 0 Å². The molecule has 1 saturated heterocycles. The van der Waals surface area contributed by atoms with Gasteiger partial charge in [0.15, 0.2) is 11.6 Å². The zero-order valence-electron chi connectivity index (χ0n) is 16.2. The minimum atomic E-state index is -3.97. The lowest BCUT2D eigenvalue weighted by atomic mass is 10.3. The fourth-order valence-corrected chi connectivity index (χ4v) is 6.03. The summed E-state index contributed by atoms with van der Waals surface area (Å²) in [5, 5.41) is 3.88. The topological polar surface area (TPSA) is 102 Å². The van der Waals surface area contributed by atoms with Crippen LogP contribution < -0.4 is 4.74 Å². The quantitative estimate of drug-likeness (QED) is 0.657. The molecule has 0 spiro atoms. The number of ether oxygens (including phenoxy) is 1. The molecule has 0 N–H and O–H groups in total. The molecular weight excluding hydrogens is 423 g/mol. The lowest BCUT2D eigenvalue weighted by Gasteiger charge is -2.21. The Labute approximate surface area is 169 Å². The highest BCUT2D eigenvalue weighted by Gasteiger charge is 2.32. The number of nitrogens with zero attached hydrogens (tertiary/aromatic N) is 4. The van der Waals surface area contributed by atoms with Crippen LogP contribution >= 0.6 is 0 Å². The lowest BCUT2D eigenvalue weighted by Crippen LogP contribution is -2.37. The molecule has 0 unspecified atom stereocenters. The van der Waals surface area contributed by atoms with Gasteiger partial charge < -0.3 is 4.74 Å². The molecule has 1 aromatic carbocycles. The number of aryl methyl sites for hydroxylation is 1. The van der Waals surface area contributed by atoms with Gasteiger partial charge in [-0.3, -0.25) is 4.68 Å². The van der Waals surface area contributed by atoms with E-state index >= 15 is 0 Å². The summed E-state index contributed by atoms with van der Waals surface area (Å²) in [6, 6.07) is 3.50. The second kappa shape index (κ2) is 8.38. The van der Waals surface area contributed by atoms with E-state index in [0.717, 1.165) is 6.07 Å². The van der Waals surface area contributed by atoms with Crippen LogP contribution in [0.15, 0.2) is 40.4 Å². The molecule has 160 valence electrons. The Morgan fingerprint density at radius 2 is 1.66 bits per heavy atom. The Hall–Kier alpha value is -2.02. The van der Waals surface area contributed by atoms with Gasteiger partial charge in [-0.25, -0.2) is 21.2 Å². The summed E-state index contributed by atoms with van der Waals surface area (Å²) in [6.07, 6.45) is 2.98. The normalized spacial score (nSPS) is 17.2. The van der Waals surface area contributed by atoms with Crippen LogP contribution in [0.5, 0.6) is 5.75 Å². The molecule has 0 atom stereocenters. The van der Waals surface area contributed by atoms with E-state index in [0.29, 0.717) is 6.42 Å². The Morgan fingerprint density at radius 3 is 2.17 bits per heavy atom. The molecule has 9 nitrogen and oxygen atoms in total. The average molecular weight is 447 g/mol. The first kappa shape index (κ1) is 21.7. The molecule has 0 amide bonds. The van der Waals surface area contributed by atoms with Gasteiger partial charge in [-0.05, 0) is 31.5 Å². The fraction of sp³-hybridized carbons (Fsp3) is 0.471. The molecule has 1 aliphatic heterocycles. The van der Waals surface area contributed by atoms with Crippen LogP contribution in [0.1, 0.15) is 13.3 Å². The van der Waals surface area contributed by atoms with Gasteiger partial charge in [-0.1, -0.05) is 0 Å². The van der Waals surface area contributed by atoms with Gasteiger partial charge in [-0.15, -0.1) is 0 Å². The van der Waals surface area contributed by atoms with Crippen LogP contribution in [-0.2, 0) is 27.1 Å². The molecule has 0 saturated carbocycles. The van der Waals surface area contributed by atoms with Gasteiger partial charge in [0.1, 0.15) is 4.90 Å². The van der Waals surface area contributed by atoms with Crippen LogP contribution in [-0.4, -0.2) is 68.0 Å². The summed E-state index contributed by atoms with van der Waals surface area (Å²) in [6.45, 7) is 2.24. The molecule has 0 radical (unpaired) electrons. The van der Waals surface area contributed by atoms with Gasteiger partial charge >= 0.3 is 0 Å². The number of benzene rings is 1. The predicted molar refractivity (Wildman–Crippen MR) is 103 cm³/mol. The maximum absolute atomic E-state index is 14.1. The van der Waals surface area contributed by atoms with E-state index in [1.54, 1.807) is 14.0 Å². The maximum atomic E-state index is 14.1. The van der Waals surface area contributed by atoms with Crippen molar-refractivity contribution in [3.05, 3.63) is 36.4 Å². The minimum Gasteiger partial charge on any atom is -0.491 e. The van der Waals surface area contributed by atoms with E-state index in [2.05, 4.69) is 5.10 Å². The van der Waals surface area contributed by atoms with Crippen molar-refractivity contribution in [2.24, 2.45) is 7.05 Å². The van der Waals surface area contributed by atoms with E-state index in [-0.39, 0.29) is 48.3 Å². The van der Waals surface area contributed by atoms with Gasteiger partial charge in [0.25, 0.3) is 0 Å². The summed E-state index contributed by atoms with van der Waals surface area (Å²) >= 11 is 0. The highest BCUT2D eigenvalue weighted by molar-refractivity contribution is 7.89. The zero-order chi connectivity index (χ0) is 21.2. The van der Waals surface area contributed by atoms with E-state index in [9.17, 15) is 21.2 Å². The number of hydrogen-bond acceptors (Lipinski definition) is 6. The van der Waals surface area contributed by atoms with Crippen molar-refractivity contribution >= 4 is 20.0 Å². The van der Waals surface area contributed by atoms with Gasteiger partial charge in [0.05, 0.1) is 17.7 Å². The van der Waals surface area contributed by atoms with Gasteiger partial charge in [0, 0.05) is 39.4 Å². The number of hydrogen-bond donors (Lipinski definition) is 0. The van der Waals surface area contributed by atoms with Crippen molar-refractivity contribution in [1.29, 1.82) is 0 Å². The van der Waals surface area contributed by atoms with E-state index < -0.39 is 25.9 Å².